The van der Waals surface area contributed by atoms with E-state index < -0.39 is 56.7 Å². The summed E-state index contributed by atoms with van der Waals surface area (Å²) in [5, 5.41) is -2.30. The quantitative estimate of drug-likeness (QED) is 0.359. The van der Waals surface area contributed by atoms with Gasteiger partial charge >= 0.3 is 0 Å². The van der Waals surface area contributed by atoms with Gasteiger partial charge < -0.3 is 0 Å². The minimum atomic E-state index is -2.22. The van der Waals surface area contributed by atoms with Crippen molar-refractivity contribution in [2.45, 2.75) is 0 Å². The SMILES string of the molecule is Fc1c(F)c(F)c2c(c1F)c(F)c(F)c1nsnc12. The molecule has 0 bridgehead atoms. The van der Waals surface area contributed by atoms with E-state index in [1.54, 1.807) is 0 Å². The number of nitrogens with zero attached hydrogens (tertiary/aromatic N) is 2. The topological polar surface area (TPSA) is 25.8 Å². The molecule has 0 unspecified atom stereocenters. The van der Waals surface area contributed by atoms with E-state index in [2.05, 4.69) is 8.75 Å². The molecule has 0 aliphatic carbocycles. The van der Waals surface area contributed by atoms with Gasteiger partial charge in [0.25, 0.3) is 0 Å². The third kappa shape index (κ3) is 1.38. The summed E-state index contributed by atoms with van der Waals surface area (Å²) in [7, 11) is 0. The molecule has 0 saturated heterocycles. The predicted octanol–water partition coefficient (Wildman–Crippen LogP) is 3.68. The number of benzene rings is 2. The van der Waals surface area contributed by atoms with Gasteiger partial charge in [-0.15, -0.1) is 0 Å². The number of aromatic nitrogens is 2. The Hall–Kier alpha value is -1.90. The molecule has 0 atom stereocenters. The van der Waals surface area contributed by atoms with E-state index in [1.165, 1.54) is 0 Å². The summed E-state index contributed by atoms with van der Waals surface area (Å²) in [4.78, 5) is 0. The van der Waals surface area contributed by atoms with E-state index in [0.717, 1.165) is 0 Å². The van der Waals surface area contributed by atoms with Crippen LogP contribution in [-0.2, 0) is 0 Å². The lowest BCUT2D eigenvalue weighted by Gasteiger charge is -2.06. The van der Waals surface area contributed by atoms with Gasteiger partial charge in [0.15, 0.2) is 34.9 Å². The van der Waals surface area contributed by atoms with Gasteiger partial charge in [0.1, 0.15) is 11.0 Å². The van der Waals surface area contributed by atoms with Gasteiger partial charge in [0.2, 0.25) is 0 Å². The minimum absolute atomic E-state index is 0.403. The summed E-state index contributed by atoms with van der Waals surface area (Å²) < 4.78 is 87.3. The molecule has 0 radical (unpaired) electrons. The third-order valence-electron chi connectivity index (χ3n) is 2.61. The second kappa shape index (κ2) is 3.80. The molecule has 3 rings (SSSR count). The van der Waals surface area contributed by atoms with Crippen molar-refractivity contribution < 1.29 is 26.3 Å². The molecule has 3 aromatic rings. The Morgan fingerprint density at radius 2 is 1.00 bits per heavy atom. The van der Waals surface area contributed by atoms with E-state index >= 15 is 0 Å². The van der Waals surface area contributed by atoms with Crippen molar-refractivity contribution in [1.82, 2.24) is 8.75 Å². The number of rotatable bonds is 0. The van der Waals surface area contributed by atoms with E-state index in [9.17, 15) is 26.3 Å². The molecule has 0 aliphatic heterocycles. The molecule has 2 aromatic carbocycles. The van der Waals surface area contributed by atoms with Crippen LogP contribution in [0.5, 0.6) is 0 Å². The molecule has 0 saturated carbocycles. The molecule has 0 amide bonds. The molecule has 1 aromatic heterocycles. The van der Waals surface area contributed by atoms with Gasteiger partial charge in [-0.05, 0) is 0 Å². The summed E-state index contributed by atoms with van der Waals surface area (Å²) in [6.45, 7) is 0. The molecule has 0 N–H and O–H groups in total. The highest BCUT2D eigenvalue weighted by Crippen LogP contribution is 2.35. The van der Waals surface area contributed by atoms with E-state index in [4.69, 9.17) is 0 Å². The lowest BCUT2D eigenvalue weighted by Crippen LogP contribution is -2.02. The molecule has 9 heteroatoms. The van der Waals surface area contributed by atoms with Gasteiger partial charge in [0, 0.05) is 0 Å². The highest BCUT2D eigenvalue weighted by atomic mass is 32.1. The first-order valence-electron chi connectivity index (χ1n) is 4.70. The Morgan fingerprint density at radius 1 is 0.526 bits per heavy atom. The lowest BCUT2D eigenvalue weighted by atomic mass is 10.1. The van der Waals surface area contributed by atoms with Crippen LogP contribution >= 0.6 is 11.7 Å². The second-order valence-electron chi connectivity index (χ2n) is 3.60. The molecule has 0 fully saturated rings. The number of halogens is 6. The zero-order valence-electron chi connectivity index (χ0n) is 8.57. The first kappa shape index (κ1) is 12.2. The molecular weight excluding hydrogens is 294 g/mol. The standard InChI is InChI=1S/C10F6N2S/c11-3-1-2(5(13)7(15)6(3)14)9-10(18-19-17-9)8(16)4(1)12. The molecule has 0 aliphatic rings. The summed E-state index contributed by atoms with van der Waals surface area (Å²) in [5.41, 5.74) is -1.23. The fourth-order valence-electron chi connectivity index (χ4n) is 1.77. The summed E-state index contributed by atoms with van der Waals surface area (Å²) >= 11 is 0.403. The second-order valence-corrected chi connectivity index (χ2v) is 4.12. The molecule has 19 heavy (non-hydrogen) atoms. The molecule has 1 heterocycles. The smallest absolute Gasteiger partial charge is 0.198 e. The maximum absolute atomic E-state index is 13.6. The summed E-state index contributed by atoms with van der Waals surface area (Å²) in [6, 6.07) is 0. The van der Waals surface area contributed by atoms with Crippen molar-refractivity contribution in [2.24, 2.45) is 0 Å². The highest BCUT2D eigenvalue weighted by molar-refractivity contribution is 7.00. The van der Waals surface area contributed by atoms with Gasteiger partial charge in [-0.1, -0.05) is 0 Å². The third-order valence-corrected chi connectivity index (χ3v) is 3.14. The summed E-state index contributed by atoms with van der Waals surface area (Å²) in [5.74, 6) is -11.6. The van der Waals surface area contributed by atoms with E-state index in [0.29, 0.717) is 11.7 Å². The molecular formula is C10F6N2S. The van der Waals surface area contributed by atoms with Gasteiger partial charge in [-0.2, -0.15) is 8.75 Å². The maximum atomic E-state index is 13.6. The average Bonchev–Trinajstić information content (AvgIpc) is 2.87. The van der Waals surface area contributed by atoms with Crippen LogP contribution in [0.25, 0.3) is 21.8 Å². The Morgan fingerprint density at radius 3 is 1.63 bits per heavy atom. The Kier molecular flexibility index (Phi) is 2.43. The number of fused-ring (bicyclic) bond motifs is 3. The molecule has 2 nitrogen and oxygen atoms in total. The Balaban J connectivity index is 2.77. The number of hydrogen-bond acceptors (Lipinski definition) is 3. The summed E-state index contributed by atoms with van der Waals surface area (Å²) in [6.07, 6.45) is 0. The molecule has 98 valence electrons. The van der Waals surface area contributed by atoms with Crippen LogP contribution in [0.2, 0.25) is 0 Å². The first-order valence-corrected chi connectivity index (χ1v) is 5.43. The predicted molar refractivity (Wildman–Crippen MR) is 54.7 cm³/mol. The lowest BCUT2D eigenvalue weighted by molar-refractivity contribution is 0.415. The van der Waals surface area contributed by atoms with Crippen molar-refractivity contribution in [3.05, 3.63) is 34.9 Å². The Bertz CT molecular complexity index is 843. The number of hydrogen-bond donors (Lipinski definition) is 0. The van der Waals surface area contributed by atoms with Crippen molar-refractivity contribution >= 4 is 33.5 Å². The van der Waals surface area contributed by atoms with Crippen molar-refractivity contribution in [2.75, 3.05) is 0 Å². The zero-order chi connectivity index (χ0) is 13.9. The highest BCUT2D eigenvalue weighted by Gasteiger charge is 2.28. The van der Waals surface area contributed by atoms with Gasteiger partial charge in [-0.3, -0.25) is 0 Å². The van der Waals surface area contributed by atoms with Crippen LogP contribution in [0.4, 0.5) is 26.3 Å². The van der Waals surface area contributed by atoms with Crippen molar-refractivity contribution in [3.63, 3.8) is 0 Å². The van der Waals surface area contributed by atoms with Crippen LogP contribution in [0.3, 0.4) is 0 Å². The average molecular weight is 294 g/mol. The van der Waals surface area contributed by atoms with Gasteiger partial charge in [0.05, 0.1) is 22.5 Å². The fraction of sp³-hybridized carbons (Fsp3) is 0. The van der Waals surface area contributed by atoms with Crippen LogP contribution in [0.1, 0.15) is 0 Å². The van der Waals surface area contributed by atoms with E-state index in [-0.39, 0.29) is 0 Å². The largest absolute Gasteiger partial charge is 0.203 e. The van der Waals surface area contributed by atoms with Crippen LogP contribution in [-0.4, -0.2) is 8.75 Å². The van der Waals surface area contributed by atoms with Crippen LogP contribution in [0, 0.1) is 34.9 Å². The minimum Gasteiger partial charge on any atom is -0.203 e. The van der Waals surface area contributed by atoms with Crippen LogP contribution < -0.4 is 0 Å². The fourth-order valence-corrected chi connectivity index (χ4v) is 2.32. The monoisotopic (exact) mass is 294 g/mol. The van der Waals surface area contributed by atoms with Crippen molar-refractivity contribution in [1.29, 1.82) is 0 Å². The first-order chi connectivity index (χ1) is 8.95. The maximum Gasteiger partial charge on any atom is 0.198 e. The van der Waals surface area contributed by atoms with Crippen LogP contribution in [0.15, 0.2) is 0 Å². The Labute approximate surface area is 104 Å². The zero-order valence-corrected chi connectivity index (χ0v) is 9.39. The molecule has 0 spiro atoms. The normalized spacial score (nSPS) is 11.7. The van der Waals surface area contributed by atoms with E-state index in [1.807, 2.05) is 0 Å². The van der Waals surface area contributed by atoms with Gasteiger partial charge in [-0.25, -0.2) is 26.3 Å². The van der Waals surface area contributed by atoms with Crippen molar-refractivity contribution in [3.8, 4) is 0 Å².